The molecule has 0 aromatic carbocycles. The standard InChI is InChI=1S/C6H11N3O/c1-7-6(10)5-2-8-4-9-3-5/h4-5H,2-3H2,1H3,(H,7,10)(H,8,9). The highest BCUT2D eigenvalue weighted by Gasteiger charge is 2.17. The summed E-state index contributed by atoms with van der Waals surface area (Å²) in [4.78, 5) is 14.9. The van der Waals surface area contributed by atoms with Crippen LogP contribution >= 0.6 is 0 Å². The molecule has 10 heavy (non-hydrogen) atoms. The van der Waals surface area contributed by atoms with Crippen LogP contribution in [-0.2, 0) is 4.79 Å². The first-order chi connectivity index (χ1) is 4.84. The number of aliphatic imine (C=N–C) groups is 1. The summed E-state index contributed by atoms with van der Waals surface area (Å²) in [5.74, 6) is 0.0688. The molecule has 1 rings (SSSR count). The summed E-state index contributed by atoms with van der Waals surface area (Å²) < 4.78 is 0. The Balaban J connectivity index is 2.41. The van der Waals surface area contributed by atoms with Crippen molar-refractivity contribution >= 4 is 12.2 Å². The molecular formula is C6H11N3O. The van der Waals surface area contributed by atoms with Crippen molar-refractivity contribution in [2.75, 3.05) is 20.1 Å². The highest BCUT2D eigenvalue weighted by molar-refractivity contribution is 5.79. The van der Waals surface area contributed by atoms with Crippen molar-refractivity contribution in [3.05, 3.63) is 0 Å². The third-order valence-corrected chi connectivity index (χ3v) is 1.49. The van der Waals surface area contributed by atoms with Gasteiger partial charge in [0.1, 0.15) is 0 Å². The molecule has 0 aromatic heterocycles. The zero-order valence-electron chi connectivity index (χ0n) is 5.92. The number of amides is 1. The minimum atomic E-state index is 0.00926. The molecule has 0 saturated carbocycles. The summed E-state index contributed by atoms with van der Waals surface area (Å²) in [7, 11) is 1.64. The van der Waals surface area contributed by atoms with Crippen LogP contribution in [0.5, 0.6) is 0 Å². The maximum Gasteiger partial charge on any atom is 0.226 e. The number of nitrogens with one attached hydrogen (secondary N) is 2. The van der Waals surface area contributed by atoms with Crippen molar-refractivity contribution in [1.29, 1.82) is 0 Å². The average Bonchev–Trinajstić information content (AvgIpc) is 2.05. The molecule has 1 amide bonds. The Morgan fingerprint density at radius 3 is 3.20 bits per heavy atom. The Kier molecular flexibility index (Phi) is 2.25. The van der Waals surface area contributed by atoms with Crippen LogP contribution in [0, 0.1) is 5.92 Å². The van der Waals surface area contributed by atoms with Gasteiger partial charge in [-0.1, -0.05) is 0 Å². The fraction of sp³-hybridized carbons (Fsp3) is 0.667. The molecule has 1 aliphatic heterocycles. The number of hydrogen-bond donors (Lipinski definition) is 2. The third-order valence-electron chi connectivity index (χ3n) is 1.49. The maximum absolute atomic E-state index is 10.9. The quantitative estimate of drug-likeness (QED) is 0.491. The van der Waals surface area contributed by atoms with E-state index in [9.17, 15) is 4.79 Å². The Bertz CT molecular complexity index is 155. The largest absolute Gasteiger partial charge is 0.376 e. The molecule has 0 aromatic rings. The van der Waals surface area contributed by atoms with Gasteiger partial charge in [0, 0.05) is 13.6 Å². The summed E-state index contributed by atoms with van der Waals surface area (Å²) in [6.07, 6.45) is 1.64. The van der Waals surface area contributed by atoms with Gasteiger partial charge in [-0.05, 0) is 0 Å². The van der Waals surface area contributed by atoms with Crippen molar-refractivity contribution in [1.82, 2.24) is 10.6 Å². The van der Waals surface area contributed by atoms with Crippen molar-refractivity contribution in [2.24, 2.45) is 10.9 Å². The van der Waals surface area contributed by atoms with Gasteiger partial charge in [0.05, 0.1) is 18.8 Å². The smallest absolute Gasteiger partial charge is 0.226 e. The lowest BCUT2D eigenvalue weighted by molar-refractivity contribution is -0.124. The molecule has 0 spiro atoms. The Morgan fingerprint density at radius 1 is 1.90 bits per heavy atom. The van der Waals surface area contributed by atoms with E-state index in [1.807, 2.05) is 0 Å². The van der Waals surface area contributed by atoms with Crippen molar-refractivity contribution < 1.29 is 4.79 Å². The van der Waals surface area contributed by atoms with E-state index in [0.717, 1.165) is 0 Å². The molecule has 0 saturated heterocycles. The molecular weight excluding hydrogens is 130 g/mol. The predicted octanol–water partition coefficient (Wildman–Crippen LogP) is -1.02. The molecule has 56 valence electrons. The van der Waals surface area contributed by atoms with E-state index in [4.69, 9.17) is 0 Å². The summed E-state index contributed by atoms with van der Waals surface area (Å²) in [6.45, 7) is 1.30. The molecule has 1 heterocycles. The fourth-order valence-corrected chi connectivity index (χ4v) is 0.884. The Hall–Kier alpha value is -1.06. The number of carbonyl (C=O) groups excluding carboxylic acids is 1. The zero-order valence-corrected chi connectivity index (χ0v) is 5.92. The summed E-state index contributed by atoms with van der Waals surface area (Å²) in [5, 5.41) is 5.48. The van der Waals surface area contributed by atoms with Gasteiger partial charge >= 0.3 is 0 Å². The monoisotopic (exact) mass is 141 g/mol. The lowest BCUT2D eigenvalue weighted by Gasteiger charge is -2.15. The van der Waals surface area contributed by atoms with Gasteiger partial charge in [-0.25, -0.2) is 0 Å². The van der Waals surface area contributed by atoms with E-state index in [1.165, 1.54) is 0 Å². The average molecular weight is 141 g/mol. The predicted molar refractivity (Wildman–Crippen MR) is 38.9 cm³/mol. The third kappa shape index (κ3) is 1.46. The molecule has 4 heteroatoms. The van der Waals surface area contributed by atoms with Gasteiger partial charge in [0.15, 0.2) is 0 Å². The lowest BCUT2D eigenvalue weighted by atomic mass is 10.1. The second kappa shape index (κ2) is 3.20. The first-order valence-corrected chi connectivity index (χ1v) is 3.28. The molecule has 1 atom stereocenters. The number of carbonyl (C=O) groups is 1. The highest BCUT2D eigenvalue weighted by atomic mass is 16.1. The summed E-state index contributed by atoms with van der Waals surface area (Å²) in [6, 6.07) is 0. The van der Waals surface area contributed by atoms with Gasteiger partial charge < -0.3 is 10.6 Å². The van der Waals surface area contributed by atoms with Crippen LogP contribution in [0.4, 0.5) is 0 Å². The molecule has 0 radical (unpaired) electrons. The second-order valence-corrected chi connectivity index (χ2v) is 2.21. The number of nitrogens with zero attached hydrogens (tertiary/aromatic N) is 1. The van der Waals surface area contributed by atoms with Crippen molar-refractivity contribution in [3.63, 3.8) is 0 Å². The van der Waals surface area contributed by atoms with Crippen LogP contribution in [0.15, 0.2) is 4.99 Å². The zero-order chi connectivity index (χ0) is 7.40. The lowest BCUT2D eigenvalue weighted by Crippen LogP contribution is -2.39. The summed E-state index contributed by atoms with van der Waals surface area (Å²) in [5.41, 5.74) is 0. The van der Waals surface area contributed by atoms with Crippen LogP contribution in [-0.4, -0.2) is 32.4 Å². The molecule has 1 aliphatic rings. The molecule has 2 N–H and O–H groups in total. The summed E-state index contributed by atoms with van der Waals surface area (Å²) >= 11 is 0. The Labute approximate surface area is 59.7 Å². The molecule has 0 fully saturated rings. The van der Waals surface area contributed by atoms with Gasteiger partial charge in [-0.3, -0.25) is 9.79 Å². The highest BCUT2D eigenvalue weighted by Crippen LogP contribution is 1.97. The van der Waals surface area contributed by atoms with E-state index < -0.39 is 0 Å². The second-order valence-electron chi connectivity index (χ2n) is 2.21. The van der Waals surface area contributed by atoms with E-state index in [0.29, 0.717) is 13.1 Å². The van der Waals surface area contributed by atoms with Gasteiger partial charge in [0.2, 0.25) is 5.91 Å². The van der Waals surface area contributed by atoms with Gasteiger partial charge in [-0.15, -0.1) is 0 Å². The van der Waals surface area contributed by atoms with E-state index in [1.54, 1.807) is 13.4 Å². The maximum atomic E-state index is 10.9. The SMILES string of the molecule is CNC(=O)C1CN=CNC1. The van der Waals surface area contributed by atoms with E-state index in [2.05, 4.69) is 15.6 Å². The van der Waals surface area contributed by atoms with Gasteiger partial charge in [-0.2, -0.15) is 0 Å². The molecule has 0 aliphatic carbocycles. The normalized spacial score (nSPS) is 23.5. The first kappa shape index (κ1) is 7.05. The van der Waals surface area contributed by atoms with Crippen molar-refractivity contribution in [3.8, 4) is 0 Å². The molecule has 1 unspecified atom stereocenters. The molecule has 4 nitrogen and oxygen atoms in total. The van der Waals surface area contributed by atoms with E-state index in [-0.39, 0.29) is 11.8 Å². The molecule has 0 bridgehead atoms. The van der Waals surface area contributed by atoms with E-state index >= 15 is 0 Å². The van der Waals surface area contributed by atoms with Crippen LogP contribution in [0.3, 0.4) is 0 Å². The number of rotatable bonds is 1. The van der Waals surface area contributed by atoms with Crippen LogP contribution in [0.2, 0.25) is 0 Å². The minimum absolute atomic E-state index is 0.00926. The van der Waals surface area contributed by atoms with Gasteiger partial charge in [0.25, 0.3) is 0 Å². The van der Waals surface area contributed by atoms with Crippen molar-refractivity contribution in [2.45, 2.75) is 0 Å². The first-order valence-electron chi connectivity index (χ1n) is 3.28. The minimum Gasteiger partial charge on any atom is -0.376 e. The Morgan fingerprint density at radius 2 is 2.70 bits per heavy atom. The fourth-order valence-electron chi connectivity index (χ4n) is 0.884. The van der Waals surface area contributed by atoms with Crippen LogP contribution in [0.1, 0.15) is 0 Å². The topological polar surface area (TPSA) is 53.5 Å². The number of hydrogen-bond acceptors (Lipinski definition) is 3. The van der Waals surface area contributed by atoms with Crippen LogP contribution < -0.4 is 10.6 Å². The van der Waals surface area contributed by atoms with Crippen LogP contribution in [0.25, 0.3) is 0 Å².